The number of nitrogens with zero attached hydrogens (tertiary/aromatic N) is 1. The highest BCUT2D eigenvalue weighted by molar-refractivity contribution is 6.25. The molecule has 0 aromatic heterocycles. The Labute approximate surface area is 63.1 Å². The molecular weight excluding hydrogens is 152 g/mol. The summed E-state index contributed by atoms with van der Waals surface area (Å²) >= 11 is 0. The van der Waals surface area contributed by atoms with Gasteiger partial charge in [0.25, 0.3) is 5.91 Å². The van der Waals surface area contributed by atoms with E-state index in [1.54, 1.807) is 0 Å². The minimum atomic E-state index is -0.981. The van der Waals surface area contributed by atoms with Crippen LogP contribution in [0.15, 0.2) is 5.16 Å². The van der Waals surface area contributed by atoms with E-state index in [0.29, 0.717) is 6.21 Å². The smallest absolute Gasteiger partial charge is 0.265 e. The molecule has 0 heterocycles. The van der Waals surface area contributed by atoms with Gasteiger partial charge < -0.3 is 20.7 Å². The van der Waals surface area contributed by atoms with Gasteiger partial charge in [-0.25, -0.2) is 0 Å². The highest BCUT2D eigenvalue weighted by atomic mass is 16.4. The fourth-order valence-electron chi connectivity index (χ4n) is 0.381. The maximum absolute atomic E-state index is 10.5. The minimum absolute atomic E-state index is 0.0681. The third kappa shape index (κ3) is 5.31. The van der Waals surface area contributed by atoms with Gasteiger partial charge in [0.1, 0.15) is 6.21 Å². The van der Waals surface area contributed by atoms with E-state index in [0.717, 1.165) is 0 Å². The van der Waals surface area contributed by atoms with E-state index in [2.05, 4.69) is 10.5 Å². The van der Waals surface area contributed by atoms with Gasteiger partial charge in [-0.05, 0) is 0 Å². The summed E-state index contributed by atoms with van der Waals surface area (Å²) in [6, 6.07) is 0. The molecule has 0 bridgehead atoms. The van der Waals surface area contributed by atoms with Crippen LogP contribution in [0.4, 0.5) is 0 Å². The van der Waals surface area contributed by atoms with Crippen molar-refractivity contribution in [1.82, 2.24) is 5.32 Å². The molecule has 0 aliphatic heterocycles. The van der Waals surface area contributed by atoms with Gasteiger partial charge in [0, 0.05) is 6.54 Å². The first-order chi connectivity index (χ1) is 5.20. The molecule has 6 nitrogen and oxygen atoms in total. The first-order valence-corrected chi connectivity index (χ1v) is 2.95. The summed E-state index contributed by atoms with van der Waals surface area (Å²) in [7, 11) is 0. The SMILES string of the molecule is O=C(/C=N/O)NCC(O)CO. The molecule has 0 saturated carbocycles. The van der Waals surface area contributed by atoms with Gasteiger partial charge in [0.15, 0.2) is 0 Å². The number of hydrogen-bond acceptors (Lipinski definition) is 5. The summed E-state index contributed by atoms with van der Waals surface area (Å²) in [4.78, 5) is 10.5. The molecule has 0 rings (SSSR count). The van der Waals surface area contributed by atoms with Crippen LogP contribution in [0.3, 0.4) is 0 Å². The molecule has 4 N–H and O–H groups in total. The molecule has 0 saturated heterocycles. The van der Waals surface area contributed by atoms with Crippen LogP contribution in [0, 0.1) is 0 Å². The summed E-state index contributed by atoms with van der Waals surface area (Å²) in [5.41, 5.74) is 0. The van der Waals surface area contributed by atoms with Gasteiger partial charge in [-0.3, -0.25) is 4.79 Å². The van der Waals surface area contributed by atoms with Crippen molar-refractivity contribution in [1.29, 1.82) is 0 Å². The highest BCUT2D eigenvalue weighted by Crippen LogP contribution is 1.75. The molecule has 11 heavy (non-hydrogen) atoms. The Kier molecular flexibility index (Phi) is 5.05. The van der Waals surface area contributed by atoms with Crippen molar-refractivity contribution < 1.29 is 20.2 Å². The van der Waals surface area contributed by atoms with Crippen LogP contribution in [0.1, 0.15) is 0 Å². The predicted octanol–water partition coefficient (Wildman–Crippen LogP) is -2.08. The monoisotopic (exact) mass is 162 g/mol. The van der Waals surface area contributed by atoms with E-state index in [-0.39, 0.29) is 6.54 Å². The lowest BCUT2D eigenvalue weighted by Gasteiger charge is -2.05. The quantitative estimate of drug-likeness (QED) is 0.216. The number of amides is 1. The molecule has 0 aliphatic rings. The third-order valence-electron chi connectivity index (χ3n) is 0.898. The average molecular weight is 162 g/mol. The largest absolute Gasteiger partial charge is 0.411 e. The molecule has 0 radical (unpaired) electrons. The van der Waals surface area contributed by atoms with Crippen molar-refractivity contribution in [3.8, 4) is 0 Å². The maximum Gasteiger partial charge on any atom is 0.265 e. The third-order valence-corrected chi connectivity index (χ3v) is 0.898. The fourth-order valence-corrected chi connectivity index (χ4v) is 0.381. The number of rotatable bonds is 4. The zero-order valence-corrected chi connectivity index (χ0v) is 5.77. The summed E-state index contributed by atoms with van der Waals surface area (Å²) in [5.74, 6) is -0.625. The van der Waals surface area contributed by atoms with Crippen molar-refractivity contribution in [3.63, 3.8) is 0 Å². The number of nitrogens with one attached hydrogen (secondary N) is 1. The van der Waals surface area contributed by atoms with Gasteiger partial charge in [0.2, 0.25) is 0 Å². The Morgan fingerprint density at radius 2 is 2.36 bits per heavy atom. The van der Waals surface area contributed by atoms with Crippen molar-refractivity contribution in [2.75, 3.05) is 13.2 Å². The van der Waals surface area contributed by atoms with Crippen molar-refractivity contribution in [2.45, 2.75) is 6.10 Å². The summed E-state index contributed by atoms with van der Waals surface area (Å²) in [6.45, 7) is -0.488. The van der Waals surface area contributed by atoms with Crippen molar-refractivity contribution in [2.24, 2.45) is 5.16 Å². The van der Waals surface area contributed by atoms with Crippen LogP contribution in [0.5, 0.6) is 0 Å². The number of oxime groups is 1. The highest BCUT2D eigenvalue weighted by Gasteiger charge is 2.02. The second-order valence-corrected chi connectivity index (χ2v) is 1.83. The molecular formula is C5H10N2O4. The zero-order valence-electron chi connectivity index (χ0n) is 5.77. The molecule has 6 heteroatoms. The number of aliphatic hydroxyl groups is 2. The number of carbonyl (C=O) groups excluding carboxylic acids is 1. The Morgan fingerprint density at radius 1 is 1.73 bits per heavy atom. The van der Waals surface area contributed by atoms with Gasteiger partial charge in [-0.1, -0.05) is 5.16 Å². The van der Waals surface area contributed by atoms with E-state index in [1.165, 1.54) is 0 Å². The van der Waals surface area contributed by atoms with Crippen LogP contribution in [0.25, 0.3) is 0 Å². The van der Waals surface area contributed by atoms with Crippen molar-refractivity contribution >= 4 is 12.1 Å². The van der Waals surface area contributed by atoms with Gasteiger partial charge in [-0.2, -0.15) is 0 Å². The average Bonchev–Trinajstić information content (AvgIpc) is 2.01. The van der Waals surface area contributed by atoms with Gasteiger partial charge in [0.05, 0.1) is 12.7 Å². The van der Waals surface area contributed by atoms with Crippen molar-refractivity contribution in [3.05, 3.63) is 0 Å². The standard InChI is InChI=1S/C5H10N2O4/c8-3-4(9)1-6-5(10)2-7-11/h2,4,8-9,11H,1,3H2,(H,6,10)/b7-2+. The first kappa shape index (κ1) is 9.86. The molecule has 1 unspecified atom stereocenters. The lowest BCUT2D eigenvalue weighted by atomic mass is 10.4. The summed E-state index contributed by atoms with van der Waals surface area (Å²) < 4.78 is 0. The second kappa shape index (κ2) is 5.63. The summed E-state index contributed by atoms with van der Waals surface area (Å²) in [5, 5.41) is 29.5. The second-order valence-electron chi connectivity index (χ2n) is 1.83. The van der Waals surface area contributed by atoms with Gasteiger partial charge in [-0.15, -0.1) is 0 Å². The molecule has 0 fully saturated rings. The van der Waals surface area contributed by atoms with E-state index in [4.69, 9.17) is 15.4 Å². The van der Waals surface area contributed by atoms with E-state index < -0.39 is 18.6 Å². The fraction of sp³-hybridized carbons (Fsp3) is 0.600. The molecule has 0 aromatic carbocycles. The first-order valence-electron chi connectivity index (χ1n) is 2.95. The Bertz CT molecular complexity index is 147. The normalized spacial score (nSPS) is 13.3. The van der Waals surface area contributed by atoms with Crippen LogP contribution < -0.4 is 5.32 Å². The van der Waals surface area contributed by atoms with Crippen LogP contribution in [0.2, 0.25) is 0 Å². The number of aliphatic hydroxyl groups excluding tert-OH is 2. The maximum atomic E-state index is 10.5. The molecule has 0 aliphatic carbocycles. The molecule has 64 valence electrons. The number of hydrogen-bond donors (Lipinski definition) is 4. The zero-order chi connectivity index (χ0) is 8.69. The van der Waals surface area contributed by atoms with Gasteiger partial charge >= 0.3 is 0 Å². The Morgan fingerprint density at radius 3 is 2.82 bits per heavy atom. The predicted molar refractivity (Wildman–Crippen MR) is 36.4 cm³/mol. The van der Waals surface area contributed by atoms with Crippen LogP contribution in [-0.2, 0) is 4.79 Å². The Hall–Kier alpha value is -1.14. The molecule has 1 atom stereocenters. The molecule has 0 aromatic rings. The summed E-state index contributed by atoms with van der Waals surface area (Å²) in [6.07, 6.45) is -0.324. The van der Waals surface area contributed by atoms with Crippen LogP contribution >= 0.6 is 0 Å². The lowest BCUT2D eigenvalue weighted by molar-refractivity contribution is -0.115. The molecule has 1 amide bonds. The Balaban J connectivity index is 3.45. The lowest BCUT2D eigenvalue weighted by Crippen LogP contribution is -2.34. The topological polar surface area (TPSA) is 102 Å². The minimum Gasteiger partial charge on any atom is -0.411 e. The molecule has 0 spiro atoms. The van der Waals surface area contributed by atoms with E-state index in [1.807, 2.05) is 0 Å². The number of carbonyl (C=O) groups is 1. The van der Waals surface area contributed by atoms with E-state index >= 15 is 0 Å². The van der Waals surface area contributed by atoms with E-state index in [9.17, 15) is 4.79 Å². The van der Waals surface area contributed by atoms with Crippen LogP contribution in [-0.4, -0.2) is 46.8 Å².